The maximum Gasteiger partial charge on any atom is 0.247 e. The van der Waals surface area contributed by atoms with Gasteiger partial charge in [-0.05, 0) is 17.4 Å². The first kappa shape index (κ1) is 15.5. The molecule has 2 amide bonds. The van der Waals surface area contributed by atoms with Gasteiger partial charge in [0.1, 0.15) is 11.6 Å². The Morgan fingerprint density at radius 1 is 1.10 bits per heavy atom. The SMILES string of the molecule is CC(C)[C@@H]1NC(=O)[C@](Cc2ccccc2)(C(C)C)NC1=O. The first-order valence-corrected chi connectivity index (χ1v) is 7.53. The minimum Gasteiger partial charge on any atom is -0.342 e. The van der Waals surface area contributed by atoms with Crippen molar-refractivity contribution in [3.8, 4) is 0 Å². The molecule has 4 nitrogen and oxygen atoms in total. The Bertz CT molecular complexity index is 525. The quantitative estimate of drug-likeness (QED) is 0.889. The van der Waals surface area contributed by atoms with Crippen molar-refractivity contribution in [2.75, 3.05) is 0 Å². The second kappa shape index (κ2) is 5.88. The van der Waals surface area contributed by atoms with E-state index in [1.807, 2.05) is 58.0 Å². The van der Waals surface area contributed by atoms with Gasteiger partial charge >= 0.3 is 0 Å². The fraction of sp³-hybridized carbons (Fsp3) is 0.529. The summed E-state index contributed by atoms with van der Waals surface area (Å²) in [6.07, 6.45) is 0.508. The predicted octanol–water partition coefficient (Wildman–Crippen LogP) is 1.89. The van der Waals surface area contributed by atoms with Crippen LogP contribution >= 0.6 is 0 Å². The normalized spacial score (nSPS) is 25.9. The van der Waals surface area contributed by atoms with Crippen LogP contribution in [0.3, 0.4) is 0 Å². The average molecular weight is 288 g/mol. The molecule has 4 heteroatoms. The van der Waals surface area contributed by atoms with E-state index < -0.39 is 11.6 Å². The van der Waals surface area contributed by atoms with E-state index in [1.165, 1.54) is 0 Å². The topological polar surface area (TPSA) is 58.2 Å². The van der Waals surface area contributed by atoms with Crippen LogP contribution in [0.25, 0.3) is 0 Å². The molecule has 1 aliphatic rings. The second-order valence-electron chi connectivity index (χ2n) is 6.47. The summed E-state index contributed by atoms with van der Waals surface area (Å²) in [5, 5.41) is 5.92. The van der Waals surface area contributed by atoms with Crippen molar-refractivity contribution in [3.05, 3.63) is 35.9 Å². The molecule has 1 fully saturated rings. The van der Waals surface area contributed by atoms with Gasteiger partial charge < -0.3 is 10.6 Å². The highest BCUT2D eigenvalue weighted by molar-refractivity contribution is 6.00. The van der Waals surface area contributed by atoms with Crippen LogP contribution in [0.15, 0.2) is 30.3 Å². The summed E-state index contributed by atoms with van der Waals surface area (Å²) in [5.74, 6) is -0.0838. The molecule has 1 aliphatic heterocycles. The summed E-state index contributed by atoms with van der Waals surface area (Å²) in [6, 6.07) is 9.36. The first-order valence-electron chi connectivity index (χ1n) is 7.53. The number of rotatable bonds is 4. The van der Waals surface area contributed by atoms with E-state index in [0.29, 0.717) is 6.42 Å². The van der Waals surface area contributed by atoms with Gasteiger partial charge in [-0.2, -0.15) is 0 Å². The van der Waals surface area contributed by atoms with Crippen molar-refractivity contribution in [2.45, 2.75) is 45.7 Å². The van der Waals surface area contributed by atoms with E-state index in [2.05, 4.69) is 10.6 Å². The molecule has 2 atom stereocenters. The van der Waals surface area contributed by atoms with Crippen LogP contribution in [-0.4, -0.2) is 23.4 Å². The molecule has 1 heterocycles. The molecule has 1 aromatic carbocycles. The summed E-state index contributed by atoms with van der Waals surface area (Å²) in [5.41, 5.74) is 0.175. The predicted molar refractivity (Wildman–Crippen MR) is 82.6 cm³/mol. The lowest BCUT2D eigenvalue weighted by atomic mass is 9.77. The minimum absolute atomic E-state index is 0.00904. The zero-order valence-electron chi connectivity index (χ0n) is 13.1. The van der Waals surface area contributed by atoms with Crippen LogP contribution in [-0.2, 0) is 16.0 Å². The number of nitrogens with one attached hydrogen (secondary N) is 2. The van der Waals surface area contributed by atoms with E-state index in [-0.39, 0.29) is 23.7 Å². The third-order valence-corrected chi connectivity index (χ3v) is 4.30. The molecule has 0 unspecified atom stereocenters. The van der Waals surface area contributed by atoms with Gasteiger partial charge in [0.05, 0.1) is 0 Å². The van der Waals surface area contributed by atoms with Crippen LogP contribution in [0.5, 0.6) is 0 Å². The van der Waals surface area contributed by atoms with Crippen molar-refractivity contribution < 1.29 is 9.59 Å². The van der Waals surface area contributed by atoms with Gasteiger partial charge in [0, 0.05) is 6.42 Å². The van der Waals surface area contributed by atoms with Gasteiger partial charge in [0.15, 0.2) is 0 Å². The van der Waals surface area contributed by atoms with E-state index >= 15 is 0 Å². The highest BCUT2D eigenvalue weighted by Crippen LogP contribution is 2.27. The summed E-state index contributed by atoms with van der Waals surface area (Å²) in [7, 11) is 0. The van der Waals surface area contributed by atoms with E-state index in [0.717, 1.165) is 5.56 Å². The van der Waals surface area contributed by atoms with Crippen molar-refractivity contribution in [1.82, 2.24) is 10.6 Å². The molecule has 0 radical (unpaired) electrons. The summed E-state index contributed by atoms with van der Waals surface area (Å²) >= 11 is 0. The lowest BCUT2D eigenvalue weighted by Gasteiger charge is -2.43. The molecule has 114 valence electrons. The van der Waals surface area contributed by atoms with Crippen LogP contribution < -0.4 is 10.6 Å². The molecule has 2 N–H and O–H groups in total. The van der Waals surface area contributed by atoms with Crippen LogP contribution in [0.1, 0.15) is 33.3 Å². The smallest absolute Gasteiger partial charge is 0.247 e. The first-order chi connectivity index (χ1) is 9.86. The van der Waals surface area contributed by atoms with Gasteiger partial charge in [-0.3, -0.25) is 9.59 Å². The van der Waals surface area contributed by atoms with Crippen molar-refractivity contribution in [2.24, 2.45) is 11.8 Å². The molecule has 0 aromatic heterocycles. The third kappa shape index (κ3) is 2.94. The Hall–Kier alpha value is -1.84. The van der Waals surface area contributed by atoms with E-state index in [9.17, 15) is 9.59 Å². The number of benzene rings is 1. The molecule has 0 saturated carbocycles. The Labute approximate surface area is 126 Å². The van der Waals surface area contributed by atoms with Gasteiger partial charge in [-0.15, -0.1) is 0 Å². The molecule has 1 saturated heterocycles. The number of hydrogen-bond acceptors (Lipinski definition) is 2. The van der Waals surface area contributed by atoms with Crippen molar-refractivity contribution in [1.29, 1.82) is 0 Å². The Morgan fingerprint density at radius 3 is 2.24 bits per heavy atom. The van der Waals surface area contributed by atoms with E-state index in [4.69, 9.17) is 0 Å². The molecule has 1 aromatic rings. The van der Waals surface area contributed by atoms with Gasteiger partial charge in [-0.25, -0.2) is 0 Å². The second-order valence-corrected chi connectivity index (χ2v) is 6.47. The van der Waals surface area contributed by atoms with Crippen LogP contribution in [0.2, 0.25) is 0 Å². The molecule has 0 aliphatic carbocycles. The largest absolute Gasteiger partial charge is 0.342 e. The summed E-state index contributed by atoms with van der Waals surface area (Å²) in [6.45, 7) is 7.81. The summed E-state index contributed by atoms with van der Waals surface area (Å²) < 4.78 is 0. The van der Waals surface area contributed by atoms with Crippen molar-refractivity contribution in [3.63, 3.8) is 0 Å². The summed E-state index contributed by atoms with van der Waals surface area (Å²) in [4.78, 5) is 25.1. The molecular formula is C17H24N2O2. The van der Waals surface area contributed by atoms with Gasteiger partial charge in [0.2, 0.25) is 11.8 Å². The Balaban J connectivity index is 2.31. The fourth-order valence-electron chi connectivity index (χ4n) is 2.81. The highest BCUT2D eigenvalue weighted by atomic mass is 16.2. The maximum atomic E-state index is 12.7. The van der Waals surface area contributed by atoms with Crippen LogP contribution in [0, 0.1) is 11.8 Å². The molecule has 0 spiro atoms. The van der Waals surface area contributed by atoms with Crippen LogP contribution in [0.4, 0.5) is 0 Å². The third-order valence-electron chi connectivity index (χ3n) is 4.30. The highest BCUT2D eigenvalue weighted by Gasteiger charge is 2.49. The van der Waals surface area contributed by atoms with Gasteiger partial charge in [-0.1, -0.05) is 58.0 Å². The Kier molecular flexibility index (Phi) is 4.35. The number of piperazine rings is 1. The van der Waals surface area contributed by atoms with Crippen molar-refractivity contribution >= 4 is 11.8 Å². The lowest BCUT2D eigenvalue weighted by Crippen LogP contribution is -2.73. The molecule has 0 bridgehead atoms. The number of hydrogen-bond donors (Lipinski definition) is 2. The van der Waals surface area contributed by atoms with E-state index in [1.54, 1.807) is 0 Å². The minimum atomic E-state index is -0.871. The monoisotopic (exact) mass is 288 g/mol. The molecule has 2 rings (SSSR count). The number of amides is 2. The average Bonchev–Trinajstić information content (AvgIpc) is 2.43. The zero-order chi connectivity index (χ0) is 15.6. The molecule has 21 heavy (non-hydrogen) atoms. The number of carbonyl (C=O) groups is 2. The zero-order valence-corrected chi connectivity index (χ0v) is 13.1. The molecular weight excluding hydrogens is 264 g/mol. The maximum absolute atomic E-state index is 12.7. The standard InChI is InChI=1S/C17H24N2O2/c1-11(2)14-15(20)19-17(12(3)4,16(21)18-14)10-13-8-6-5-7-9-13/h5-9,11-12,14H,10H2,1-4H3,(H,18,21)(H,19,20)/t14-,17-/m0/s1. The Morgan fingerprint density at radius 2 is 1.71 bits per heavy atom. The number of carbonyl (C=O) groups excluding carboxylic acids is 2. The van der Waals surface area contributed by atoms with Gasteiger partial charge in [0.25, 0.3) is 0 Å². The lowest BCUT2D eigenvalue weighted by molar-refractivity contribution is -0.144. The fourth-order valence-corrected chi connectivity index (χ4v) is 2.81.